The van der Waals surface area contributed by atoms with Crippen molar-refractivity contribution in [3.8, 4) is 11.1 Å². The van der Waals surface area contributed by atoms with Gasteiger partial charge in [-0.15, -0.1) is 0 Å². The maximum atomic E-state index is 6.25. The van der Waals surface area contributed by atoms with E-state index in [1.165, 1.54) is 0 Å². The second-order valence-corrected chi connectivity index (χ2v) is 4.53. The lowest BCUT2D eigenvalue weighted by Gasteiger charge is -2.14. The van der Waals surface area contributed by atoms with Gasteiger partial charge in [0.1, 0.15) is 6.10 Å². The van der Waals surface area contributed by atoms with E-state index in [-0.39, 0.29) is 6.10 Å². The number of hydrogen-bond donors (Lipinski definition) is 1. The number of nitrogens with zero attached hydrogens (tertiary/aromatic N) is 1. The van der Waals surface area contributed by atoms with Crippen LogP contribution in [0.25, 0.3) is 11.1 Å². The van der Waals surface area contributed by atoms with Gasteiger partial charge in [-0.25, -0.2) is 0 Å². The molecule has 0 unspecified atom stereocenters. The Labute approximate surface area is 107 Å². The summed E-state index contributed by atoms with van der Waals surface area (Å²) in [6.07, 6.45) is 3.97. The first-order valence-corrected chi connectivity index (χ1v) is 6.27. The van der Waals surface area contributed by atoms with Gasteiger partial charge in [-0.3, -0.25) is 4.98 Å². The van der Waals surface area contributed by atoms with Crippen molar-refractivity contribution < 1.29 is 4.74 Å². The third kappa shape index (κ3) is 1.97. The fourth-order valence-electron chi connectivity index (χ4n) is 2.41. The second-order valence-electron chi connectivity index (χ2n) is 4.53. The lowest BCUT2D eigenvalue weighted by atomic mass is 10.0. The summed E-state index contributed by atoms with van der Waals surface area (Å²) < 4.78 is 5.67. The first-order chi connectivity index (χ1) is 8.86. The normalized spacial score (nSPS) is 19.0. The number of hydrogen-bond acceptors (Lipinski definition) is 3. The van der Waals surface area contributed by atoms with Crippen LogP contribution < -0.4 is 5.73 Å². The fraction of sp³-hybridized carbons (Fsp3) is 0.267. The average Bonchev–Trinajstić information content (AvgIpc) is 2.94. The molecule has 0 bridgehead atoms. The van der Waals surface area contributed by atoms with Gasteiger partial charge >= 0.3 is 0 Å². The number of pyridine rings is 1. The molecule has 92 valence electrons. The lowest BCUT2D eigenvalue weighted by molar-refractivity contribution is 0.109. The molecule has 1 atom stereocenters. The third-order valence-corrected chi connectivity index (χ3v) is 3.34. The highest BCUT2D eigenvalue weighted by Crippen LogP contribution is 2.35. The summed E-state index contributed by atoms with van der Waals surface area (Å²) in [5, 5.41) is 0. The van der Waals surface area contributed by atoms with Crippen LogP contribution in [-0.2, 0) is 4.74 Å². The monoisotopic (exact) mass is 240 g/mol. The predicted molar refractivity (Wildman–Crippen MR) is 72.0 cm³/mol. The molecule has 18 heavy (non-hydrogen) atoms. The van der Waals surface area contributed by atoms with E-state index in [9.17, 15) is 0 Å². The molecule has 2 heterocycles. The van der Waals surface area contributed by atoms with Crippen LogP contribution in [0.4, 0.5) is 5.69 Å². The van der Waals surface area contributed by atoms with Gasteiger partial charge in [0.15, 0.2) is 0 Å². The maximum Gasteiger partial charge on any atom is 0.102 e. The third-order valence-electron chi connectivity index (χ3n) is 3.34. The Kier molecular flexibility index (Phi) is 2.99. The van der Waals surface area contributed by atoms with Gasteiger partial charge in [0.2, 0.25) is 0 Å². The molecule has 1 fully saturated rings. The molecule has 3 rings (SSSR count). The van der Waals surface area contributed by atoms with Crippen LogP contribution in [0.2, 0.25) is 0 Å². The van der Waals surface area contributed by atoms with Crippen molar-refractivity contribution >= 4 is 5.69 Å². The highest BCUT2D eigenvalue weighted by molar-refractivity contribution is 5.77. The van der Waals surface area contributed by atoms with Gasteiger partial charge in [-0.05, 0) is 24.5 Å². The van der Waals surface area contributed by atoms with Gasteiger partial charge in [0.25, 0.3) is 0 Å². The van der Waals surface area contributed by atoms with Crippen LogP contribution in [0.3, 0.4) is 0 Å². The van der Waals surface area contributed by atoms with Crippen LogP contribution in [-0.4, -0.2) is 11.6 Å². The standard InChI is InChI=1S/C15H16N2O/c16-14-12(11-5-2-1-3-6-11)8-9-17-15(14)13-7-4-10-18-13/h1-3,5-6,8-9,13H,4,7,10,16H2/t13-/m1/s1. The van der Waals surface area contributed by atoms with Crippen molar-refractivity contribution in [1.82, 2.24) is 4.98 Å². The molecule has 3 nitrogen and oxygen atoms in total. The van der Waals surface area contributed by atoms with Gasteiger partial charge in [0.05, 0.1) is 11.4 Å². The Bertz CT molecular complexity index is 533. The summed E-state index contributed by atoms with van der Waals surface area (Å²) in [7, 11) is 0. The summed E-state index contributed by atoms with van der Waals surface area (Å²) in [5.41, 5.74) is 10.0. The van der Waals surface area contributed by atoms with E-state index in [0.29, 0.717) is 0 Å². The molecule has 0 spiro atoms. The first-order valence-electron chi connectivity index (χ1n) is 6.27. The van der Waals surface area contributed by atoms with Crippen LogP contribution >= 0.6 is 0 Å². The van der Waals surface area contributed by atoms with Gasteiger partial charge in [0, 0.05) is 18.4 Å². The minimum atomic E-state index is 0.0636. The molecule has 0 radical (unpaired) electrons. The first kappa shape index (κ1) is 11.2. The summed E-state index contributed by atoms with van der Waals surface area (Å²) in [6.45, 7) is 0.807. The van der Waals surface area contributed by atoms with Crippen LogP contribution in [0.15, 0.2) is 42.6 Å². The Balaban J connectivity index is 2.04. The number of aromatic nitrogens is 1. The molecule has 3 heteroatoms. The smallest absolute Gasteiger partial charge is 0.102 e. The minimum Gasteiger partial charge on any atom is -0.397 e. The van der Waals surface area contributed by atoms with Gasteiger partial charge < -0.3 is 10.5 Å². The molecule has 1 aromatic carbocycles. The maximum absolute atomic E-state index is 6.25. The van der Waals surface area contributed by atoms with E-state index in [0.717, 1.165) is 42.0 Å². The van der Waals surface area contributed by atoms with E-state index >= 15 is 0 Å². The highest BCUT2D eigenvalue weighted by atomic mass is 16.5. The van der Waals surface area contributed by atoms with Crippen LogP contribution in [0, 0.1) is 0 Å². The summed E-state index contributed by atoms with van der Waals surface area (Å²) in [5.74, 6) is 0. The SMILES string of the molecule is Nc1c(-c2ccccc2)ccnc1[C@H]1CCCO1. The van der Waals surface area contributed by atoms with Crippen LogP contribution in [0.5, 0.6) is 0 Å². The molecule has 2 aromatic rings. The molecule has 0 amide bonds. The van der Waals surface area contributed by atoms with E-state index in [1.54, 1.807) is 0 Å². The number of rotatable bonds is 2. The van der Waals surface area contributed by atoms with Crippen molar-refractivity contribution in [3.63, 3.8) is 0 Å². The quantitative estimate of drug-likeness (QED) is 0.877. The van der Waals surface area contributed by atoms with Crippen molar-refractivity contribution in [2.24, 2.45) is 0 Å². The summed E-state index contributed by atoms with van der Waals surface area (Å²) in [4.78, 5) is 4.40. The van der Waals surface area contributed by atoms with E-state index in [2.05, 4.69) is 17.1 Å². The van der Waals surface area contributed by atoms with E-state index in [1.807, 2.05) is 30.5 Å². The summed E-state index contributed by atoms with van der Waals surface area (Å²) >= 11 is 0. The number of ether oxygens (including phenoxy) is 1. The van der Waals surface area contributed by atoms with Crippen molar-refractivity contribution in [3.05, 3.63) is 48.3 Å². The van der Waals surface area contributed by atoms with Gasteiger partial charge in [-0.2, -0.15) is 0 Å². The fourth-order valence-corrected chi connectivity index (χ4v) is 2.41. The Hall–Kier alpha value is -1.87. The number of benzene rings is 1. The Morgan fingerprint density at radius 2 is 2.00 bits per heavy atom. The Morgan fingerprint density at radius 1 is 1.17 bits per heavy atom. The van der Waals surface area contributed by atoms with Crippen molar-refractivity contribution in [2.75, 3.05) is 12.3 Å². The zero-order chi connectivity index (χ0) is 12.4. The molecule has 0 saturated carbocycles. The zero-order valence-electron chi connectivity index (χ0n) is 10.2. The predicted octanol–water partition coefficient (Wildman–Crippen LogP) is 3.18. The second kappa shape index (κ2) is 4.78. The molecular weight excluding hydrogens is 224 g/mol. The number of nitrogen functional groups attached to an aromatic ring is 1. The molecular formula is C15H16N2O. The zero-order valence-corrected chi connectivity index (χ0v) is 10.2. The molecule has 1 aromatic heterocycles. The van der Waals surface area contributed by atoms with Crippen molar-refractivity contribution in [1.29, 1.82) is 0 Å². The minimum absolute atomic E-state index is 0.0636. The Morgan fingerprint density at radius 3 is 2.72 bits per heavy atom. The highest BCUT2D eigenvalue weighted by Gasteiger charge is 2.22. The molecule has 1 aliphatic rings. The molecule has 1 saturated heterocycles. The lowest BCUT2D eigenvalue weighted by Crippen LogP contribution is -2.05. The van der Waals surface area contributed by atoms with E-state index in [4.69, 9.17) is 10.5 Å². The molecule has 1 aliphatic heterocycles. The van der Waals surface area contributed by atoms with E-state index < -0.39 is 0 Å². The largest absolute Gasteiger partial charge is 0.397 e. The topological polar surface area (TPSA) is 48.1 Å². The molecule has 0 aliphatic carbocycles. The van der Waals surface area contributed by atoms with Crippen molar-refractivity contribution in [2.45, 2.75) is 18.9 Å². The average molecular weight is 240 g/mol. The van der Waals surface area contributed by atoms with Crippen LogP contribution in [0.1, 0.15) is 24.6 Å². The summed E-state index contributed by atoms with van der Waals surface area (Å²) in [6, 6.07) is 12.1. The molecule has 2 N–H and O–H groups in total. The number of anilines is 1. The van der Waals surface area contributed by atoms with Gasteiger partial charge in [-0.1, -0.05) is 30.3 Å². The number of nitrogens with two attached hydrogens (primary N) is 1.